The summed E-state index contributed by atoms with van der Waals surface area (Å²) in [4.78, 5) is 13.9. The Morgan fingerprint density at radius 3 is 2.59 bits per heavy atom. The summed E-state index contributed by atoms with van der Waals surface area (Å²) in [6.07, 6.45) is -4.95. The molecule has 0 aliphatic carbocycles. The van der Waals surface area contributed by atoms with Gasteiger partial charge in [0.25, 0.3) is 0 Å². The zero-order valence-electron chi connectivity index (χ0n) is 8.08. The van der Waals surface area contributed by atoms with Crippen molar-refractivity contribution >= 4 is 28.6 Å². The SMILES string of the molecule is NCc1c(I)cc(C(=O)O)nc1OC(F)(F)F. The number of halogens is 4. The van der Waals surface area contributed by atoms with Crippen LogP contribution in [0.5, 0.6) is 5.88 Å². The molecule has 0 amide bonds. The molecular weight excluding hydrogens is 356 g/mol. The molecule has 1 aromatic heterocycles. The van der Waals surface area contributed by atoms with Gasteiger partial charge in [0.2, 0.25) is 5.88 Å². The summed E-state index contributed by atoms with van der Waals surface area (Å²) >= 11 is 1.67. The third kappa shape index (κ3) is 3.70. The molecule has 0 atom stereocenters. The van der Waals surface area contributed by atoms with Crippen LogP contribution in [0.25, 0.3) is 0 Å². The van der Waals surface area contributed by atoms with E-state index in [0.717, 1.165) is 6.07 Å². The number of hydrogen-bond acceptors (Lipinski definition) is 4. The highest BCUT2D eigenvalue weighted by Crippen LogP contribution is 2.28. The number of alkyl halides is 3. The van der Waals surface area contributed by atoms with Gasteiger partial charge in [-0.25, -0.2) is 9.78 Å². The Morgan fingerprint density at radius 1 is 1.59 bits per heavy atom. The van der Waals surface area contributed by atoms with Crippen molar-refractivity contribution in [3.63, 3.8) is 0 Å². The molecule has 9 heteroatoms. The van der Waals surface area contributed by atoms with Crippen LogP contribution >= 0.6 is 22.6 Å². The lowest BCUT2D eigenvalue weighted by molar-refractivity contribution is -0.276. The summed E-state index contributed by atoms with van der Waals surface area (Å²) in [5, 5.41) is 8.66. The van der Waals surface area contributed by atoms with Crippen LogP contribution in [0, 0.1) is 3.57 Å². The van der Waals surface area contributed by atoms with Gasteiger partial charge in [-0.05, 0) is 28.7 Å². The number of aromatic carboxylic acids is 1. The van der Waals surface area contributed by atoms with Crippen molar-refractivity contribution in [3.8, 4) is 5.88 Å². The number of nitrogens with two attached hydrogens (primary N) is 1. The Bertz CT molecular complexity index is 450. The summed E-state index contributed by atoms with van der Waals surface area (Å²) < 4.78 is 40.1. The van der Waals surface area contributed by atoms with Crippen molar-refractivity contribution in [1.29, 1.82) is 0 Å². The molecule has 94 valence electrons. The molecular formula is C8H6F3IN2O3. The van der Waals surface area contributed by atoms with E-state index >= 15 is 0 Å². The Labute approximate surface area is 107 Å². The number of hydrogen-bond donors (Lipinski definition) is 2. The summed E-state index contributed by atoms with van der Waals surface area (Å²) in [5.74, 6) is -2.28. The van der Waals surface area contributed by atoms with Crippen molar-refractivity contribution in [3.05, 3.63) is 20.9 Å². The maximum absolute atomic E-state index is 12.1. The van der Waals surface area contributed by atoms with Gasteiger partial charge in [-0.1, -0.05) is 0 Å². The first kappa shape index (κ1) is 14.0. The molecule has 17 heavy (non-hydrogen) atoms. The number of nitrogens with zero attached hydrogens (tertiary/aromatic N) is 1. The van der Waals surface area contributed by atoms with Crippen molar-refractivity contribution in [1.82, 2.24) is 4.98 Å². The molecule has 0 aliphatic heterocycles. The van der Waals surface area contributed by atoms with Gasteiger partial charge < -0.3 is 15.6 Å². The van der Waals surface area contributed by atoms with E-state index in [9.17, 15) is 18.0 Å². The van der Waals surface area contributed by atoms with Crippen LogP contribution in [-0.2, 0) is 6.54 Å². The predicted molar refractivity (Wildman–Crippen MR) is 58.5 cm³/mol. The van der Waals surface area contributed by atoms with Gasteiger partial charge in [0.15, 0.2) is 5.69 Å². The van der Waals surface area contributed by atoms with E-state index in [1.807, 2.05) is 0 Å². The van der Waals surface area contributed by atoms with Crippen LogP contribution in [-0.4, -0.2) is 22.4 Å². The van der Waals surface area contributed by atoms with E-state index in [1.165, 1.54) is 0 Å². The van der Waals surface area contributed by atoms with E-state index in [0.29, 0.717) is 0 Å². The monoisotopic (exact) mass is 362 g/mol. The van der Waals surface area contributed by atoms with E-state index in [4.69, 9.17) is 10.8 Å². The van der Waals surface area contributed by atoms with Crippen molar-refractivity contribution in [2.24, 2.45) is 5.73 Å². The van der Waals surface area contributed by atoms with Crippen LogP contribution in [0.4, 0.5) is 13.2 Å². The fourth-order valence-electron chi connectivity index (χ4n) is 1.01. The summed E-state index contributed by atoms with van der Waals surface area (Å²) in [7, 11) is 0. The Kier molecular flexibility index (Phi) is 4.14. The molecule has 3 N–H and O–H groups in total. The molecule has 5 nitrogen and oxygen atoms in total. The van der Waals surface area contributed by atoms with Gasteiger partial charge in [0.1, 0.15) is 0 Å². The predicted octanol–water partition coefficient (Wildman–Crippen LogP) is 1.74. The van der Waals surface area contributed by atoms with Gasteiger partial charge in [-0.2, -0.15) is 0 Å². The minimum Gasteiger partial charge on any atom is -0.477 e. The zero-order valence-corrected chi connectivity index (χ0v) is 10.2. The molecule has 0 bridgehead atoms. The lowest BCUT2D eigenvalue weighted by atomic mass is 10.2. The van der Waals surface area contributed by atoms with E-state index < -0.39 is 23.9 Å². The molecule has 1 rings (SSSR count). The third-order valence-electron chi connectivity index (χ3n) is 1.67. The van der Waals surface area contributed by atoms with E-state index in [2.05, 4.69) is 9.72 Å². The smallest absolute Gasteiger partial charge is 0.477 e. The molecule has 0 aliphatic rings. The van der Waals surface area contributed by atoms with Crippen molar-refractivity contribution in [2.45, 2.75) is 12.9 Å². The summed E-state index contributed by atoms with van der Waals surface area (Å²) in [5.41, 5.74) is 4.73. The number of rotatable bonds is 3. The summed E-state index contributed by atoms with van der Waals surface area (Å²) in [6, 6.07) is 1.12. The van der Waals surface area contributed by atoms with Gasteiger partial charge in [-0.3, -0.25) is 0 Å². The number of pyridine rings is 1. The van der Waals surface area contributed by atoms with Crippen LogP contribution in [0.2, 0.25) is 0 Å². The number of aromatic nitrogens is 1. The first-order valence-electron chi connectivity index (χ1n) is 4.13. The first-order chi connectivity index (χ1) is 7.74. The second-order valence-corrected chi connectivity index (χ2v) is 3.99. The lowest BCUT2D eigenvalue weighted by Gasteiger charge is -2.13. The van der Waals surface area contributed by atoms with Gasteiger partial charge >= 0.3 is 12.3 Å². The van der Waals surface area contributed by atoms with Crippen LogP contribution in [0.1, 0.15) is 16.1 Å². The average molecular weight is 362 g/mol. The molecule has 0 saturated carbocycles. The maximum atomic E-state index is 12.1. The first-order valence-corrected chi connectivity index (χ1v) is 5.21. The number of carbonyl (C=O) groups is 1. The molecule has 1 heterocycles. The second-order valence-electron chi connectivity index (χ2n) is 2.83. The molecule has 0 saturated heterocycles. The van der Waals surface area contributed by atoms with Gasteiger partial charge in [0, 0.05) is 15.7 Å². The largest absolute Gasteiger partial charge is 0.574 e. The zero-order chi connectivity index (χ0) is 13.2. The van der Waals surface area contributed by atoms with Crippen molar-refractivity contribution in [2.75, 3.05) is 0 Å². The normalized spacial score (nSPS) is 11.4. The highest BCUT2D eigenvalue weighted by atomic mass is 127. The van der Waals surface area contributed by atoms with E-state index in [1.54, 1.807) is 22.6 Å². The number of ether oxygens (including phenoxy) is 1. The average Bonchev–Trinajstić information content (AvgIpc) is 2.14. The topological polar surface area (TPSA) is 85.4 Å². The molecule has 0 unspecified atom stereocenters. The fourth-order valence-corrected chi connectivity index (χ4v) is 1.75. The summed E-state index contributed by atoms with van der Waals surface area (Å²) in [6.45, 7) is -0.239. The Morgan fingerprint density at radius 2 is 2.18 bits per heavy atom. The number of carboxylic acids is 1. The molecule has 0 fully saturated rings. The quantitative estimate of drug-likeness (QED) is 0.801. The fraction of sp³-hybridized carbons (Fsp3) is 0.250. The van der Waals surface area contributed by atoms with Crippen molar-refractivity contribution < 1.29 is 27.8 Å². The molecule has 1 aromatic rings. The number of carboxylic acid groups (broad SMARTS) is 1. The standard InChI is InChI=1S/C8H6F3IN2O3/c9-8(10,11)17-6-3(2-13)4(12)1-5(14-6)7(15)16/h1H,2,13H2,(H,15,16). The minimum atomic E-state index is -4.95. The van der Waals surface area contributed by atoms with Crippen LogP contribution in [0.15, 0.2) is 6.07 Å². The Hall–Kier alpha value is -1.10. The molecule has 0 radical (unpaired) electrons. The maximum Gasteiger partial charge on any atom is 0.574 e. The highest BCUT2D eigenvalue weighted by Gasteiger charge is 2.33. The van der Waals surface area contributed by atoms with E-state index in [-0.39, 0.29) is 15.7 Å². The van der Waals surface area contributed by atoms with Crippen LogP contribution in [0.3, 0.4) is 0 Å². The third-order valence-corrected chi connectivity index (χ3v) is 2.63. The Balaban J connectivity index is 3.29. The van der Waals surface area contributed by atoms with Gasteiger partial charge in [0.05, 0.1) is 0 Å². The molecule has 0 spiro atoms. The van der Waals surface area contributed by atoms with Gasteiger partial charge in [-0.15, -0.1) is 13.2 Å². The minimum absolute atomic E-state index is 0.00734. The van der Waals surface area contributed by atoms with Crippen LogP contribution < -0.4 is 10.5 Å². The molecule has 0 aromatic carbocycles. The highest BCUT2D eigenvalue weighted by molar-refractivity contribution is 14.1. The second kappa shape index (κ2) is 5.04. The lowest BCUT2D eigenvalue weighted by Crippen LogP contribution is -2.21.